The van der Waals surface area contributed by atoms with E-state index in [-0.39, 0.29) is 0 Å². The lowest BCUT2D eigenvalue weighted by molar-refractivity contribution is 0.476. The molecule has 2 aromatic rings. The third-order valence-corrected chi connectivity index (χ3v) is 3.68. The van der Waals surface area contributed by atoms with Crippen LogP contribution in [0.3, 0.4) is 0 Å². The molecule has 0 aliphatic rings. The van der Waals surface area contributed by atoms with Crippen molar-refractivity contribution in [3.8, 4) is 0 Å². The van der Waals surface area contributed by atoms with Gasteiger partial charge in [-0.25, -0.2) is 0 Å². The molecule has 0 radical (unpaired) electrons. The second-order valence-electron chi connectivity index (χ2n) is 5.12. The maximum Gasteiger partial charge on any atom is 0.194 e. The summed E-state index contributed by atoms with van der Waals surface area (Å²) in [5, 5.41) is 4.09. The van der Waals surface area contributed by atoms with Crippen molar-refractivity contribution in [2.45, 2.75) is 20.0 Å². The minimum Gasteiger partial charge on any atom is -0.351 e. The number of rotatable bonds is 4. The molecule has 0 saturated heterocycles. The summed E-state index contributed by atoms with van der Waals surface area (Å²) in [5.74, 6) is 0.809. The summed E-state index contributed by atoms with van der Waals surface area (Å²) in [7, 11) is 3.76. The van der Waals surface area contributed by atoms with Gasteiger partial charge in [-0.1, -0.05) is 35.9 Å². The number of nitrogens with zero attached hydrogens (tertiary/aromatic N) is 3. The van der Waals surface area contributed by atoms with Crippen molar-refractivity contribution in [2.75, 3.05) is 14.1 Å². The Kier molecular flexibility index (Phi) is 5.78. The maximum absolute atomic E-state index is 6.21. The number of benzene rings is 1. The first-order valence-corrected chi connectivity index (χ1v) is 7.55. The van der Waals surface area contributed by atoms with Crippen LogP contribution in [0, 0.1) is 6.92 Å². The normalized spacial score (nSPS) is 11.4. The zero-order valence-corrected chi connectivity index (χ0v) is 13.9. The van der Waals surface area contributed by atoms with Gasteiger partial charge >= 0.3 is 0 Å². The molecule has 5 heteroatoms. The van der Waals surface area contributed by atoms with Crippen LogP contribution in [0.15, 0.2) is 47.5 Å². The molecule has 0 saturated carbocycles. The van der Waals surface area contributed by atoms with Crippen LogP contribution in [0.1, 0.15) is 17.0 Å². The highest BCUT2D eigenvalue weighted by molar-refractivity contribution is 6.31. The van der Waals surface area contributed by atoms with Gasteiger partial charge in [0.1, 0.15) is 0 Å². The van der Waals surface area contributed by atoms with Crippen molar-refractivity contribution in [1.29, 1.82) is 0 Å². The van der Waals surface area contributed by atoms with E-state index in [9.17, 15) is 0 Å². The lowest BCUT2D eigenvalue weighted by atomic mass is 10.2. The van der Waals surface area contributed by atoms with Crippen LogP contribution < -0.4 is 5.32 Å². The fraction of sp³-hybridized carbons (Fsp3) is 0.294. The Labute approximate surface area is 136 Å². The molecule has 0 spiro atoms. The molecule has 0 unspecified atom stereocenters. The van der Waals surface area contributed by atoms with Crippen LogP contribution in [-0.4, -0.2) is 29.9 Å². The number of hydrogen-bond donors (Lipinski definition) is 1. The molecule has 1 N–H and O–H groups in total. The predicted octanol–water partition coefficient (Wildman–Crippen LogP) is 3.25. The van der Waals surface area contributed by atoms with Crippen molar-refractivity contribution in [3.05, 3.63) is 64.4 Å². The Morgan fingerprint density at radius 1 is 1.23 bits per heavy atom. The number of aliphatic imine (C=N–C) groups is 1. The van der Waals surface area contributed by atoms with E-state index in [4.69, 9.17) is 11.6 Å². The smallest absolute Gasteiger partial charge is 0.194 e. The highest BCUT2D eigenvalue weighted by atomic mass is 35.5. The van der Waals surface area contributed by atoms with Gasteiger partial charge in [0.05, 0.1) is 12.2 Å². The van der Waals surface area contributed by atoms with Gasteiger partial charge in [0.15, 0.2) is 5.96 Å². The van der Waals surface area contributed by atoms with Crippen LogP contribution in [0.2, 0.25) is 5.02 Å². The fourth-order valence-electron chi connectivity index (χ4n) is 2.21. The average Bonchev–Trinajstić information content (AvgIpc) is 2.50. The summed E-state index contributed by atoms with van der Waals surface area (Å²) < 4.78 is 0. The molecule has 22 heavy (non-hydrogen) atoms. The van der Waals surface area contributed by atoms with Crippen molar-refractivity contribution in [3.63, 3.8) is 0 Å². The van der Waals surface area contributed by atoms with Crippen LogP contribution in [-0.2, 0) is 13.1 Å². The third kappa shape index (κ3) is 4.46. The minimum atomic E-state index is 0.640. The van der Waals surface area contributed by atoms with Crippen LogP contribution in [0.4, 0.5) is 0 Å². The first-order valence-electron chi connectivity index (χ1n) is 7.18. The number of aryl methyl sites for hydroxylation is 1. The SMILES string of the molecule is CN=C(NCc1cccc(C)n1)N(C)Cc1ccccc1Cl. The third-order valence-electron chi connectivity index (χ3n) is 3.31. The molecule has 0 aliphatic heterocycles. The minimum absolute atomic E-state index is 0.640. The van der Waals surface area contributed by atoms with Crippen LogP contribution in [0.25, 0.3) is 0 Å². The topological polar surface area (TPSA) is 40.5 Å². The van der Waals surface area contributed by atoms with Gasteiger partial charge in [-0.05, 0) is 30.7 Å². The molecular weight excluding hydrogens is 296 g/mol. The van der Waals surface area contributed by atoms with Crippen molar-refractivity contribution in [1.82, 2.24) is 15.2 Å². The Balaban J connectivity index is 1.98. The molecule has 2 rings (SSSR count). The van der Waals surface area contributed by atoms with E-state index >= 15 is 0 Å². The zero-order valence-electron chi connectivity index (χ0n) is 13.2. The summed E-state index contributed by atoms with van der Waals surface area (Å²) in [6.07, 6.45) is 0. The Hall–Kier alpha value is -2.07. The molecule has 1 aromatic heterocycles. The second-order valence-corrected chi connectivity index (χ2v) is 5.53. The Morgan fingerprint density at radius 2 is 2.00 bits per heavy atom. The van der Waals surface area contributed by atoms with Gasteiger partial charge in [-0.3, -0.25) is 9.98 Å². The standard InChI is InChI=1S/C17H21ClN4/c1-13-7-6-9-15(21-13)11-20-17(19-2)22(3)12-14-8-4-5-10-16(14)18/h4-10H,11-12H2,1-3H3,(H,19,20). The van der Waals surface area contributed by atoms with Crippen molar-refractivity contribution >= 4 is 17.6 Å². The fourth-order valence-corrected chi connectivity index (χ4v) is 2.40. The van der Waals surface area contributed by atoms with Crippen molar-refractivity contribution in [2.24, 2.45) is 4.99 Å². The predicted molar refractivity (Wildman–Crippen MR) is 92.1 cm³/mol. The average molecular weight is 317 g/mol. The van der Waals surface area contributed by atoms with Gasteiger partial charge in [0, 0.05) is 31.4 Å². The van der Waals surface area contributed by atoms with E-state index in [0.717, 1.165) is 27.9 Å². The highest BCUT2D eigenvalue weighted by Gasteiger charge is 2.08. The summed E-state index contributed by atoms with van der Waals surface area (Å²) in [6, 6.07) is 13.8. The monoisotopic (exact) mass is 316 g/mol. The maximum atomic E-state index is 6.21. The van der Waals surface area contributed by atoms with E-state index in [1.807, 2.05) is 61.3 Å². The van der Waals surface area contributed by atoms with E-state index in [0.29, 0.717) is 13.1 Å². The van der Waals surface area contributed by atoms with E-state index in [1.165, 1.54) is 0 Å². The van der Waals surface area contributed by atoms with E-state index in [1.54, 1.807) is 7.05 Å². The van der Waals surface area contributed by atoms with Crippen molar-refractivity contribution < 1.29 is 0 Å². The number of guanidine groups is 1. The number of halogens is 1. The molecule has 0 atom stereocenters. The summed E-state index contributed by atoms with van der Waals surface area (Å²) in [6.45, 7) is 3.32. The summed E-state index contributed by atoms with van der Waals surface area (Å²) in [4.78, 5) is 10.8. The first kappa shape index (κ1) is 16.3. The molecule has 1 heterocycles. The van der Waals surface area contributed by atoms with Gasteiger partial charge < -0.3 is 10.2 Å². The number of hydrogen-bond acceptors (Lipinski definition) is 2. The highest BCUT2D eigenvalue weighted by Crippen LogP contribution is 2.16. The molecule has 116 valence electrons. The first-order chi connectivity index (χ1) is 10.6. The number of aromatic nitrogens is 1. The van der Waals surface area contributed by atoms with Crippen LogP contribution >= 0.6 is 11.6 Å². The molecule has 1 aromatic carbocycles. The molecular formula is C17H21ClN4. The quantitative estimate of drug-likeness (QED) is 0.695. The summed E-state index contributed by atoms with van der Waals surface area (Å²) in [5.41, 5.74) is 3.08. The van der Waals surface area contributed by atoms with Gasteiger partial charge in [-0.15, -0.1) is 0 Å². The Morgan fingerprint density at radius 3 is 2.68 bits per heavy atom. The van der Waals surface area contributed by atoms with Crippen LogP contribution in [0.5, 0.6) is 0 Å². The Bertz CT molecular complexity index is 655. The lowest BCUT2D eigenvalue weighted by Crippen LogP contribution is -2.38. The molecule has 0 amide bonds. The van der Waals surface area contributed by atoms with Gasteiger partial charge in [0.25, 0.3) is 0 Å². The molecule has 0 fully saturated rings. The number of nitrogens with one attached hydrogen (secondary N) is 1. The molecule has 0 bridgehead atoms. The largest absolute Gasteiger partial charge is 0.351 e. The van der Waals surface area contributed by atoms with Gasteiger partial charge in [-0.2, -0.15) is 0 Å². The lowest BCUT2D eigenvalue weighted by Gasteiger charge is -2.22. The zero-order chi connectivity index (χ0) is 15.9. The number of pyridine rings is 1. The molecule has 4 nitrogen and oxygen atoms in total. The van der Waals surface area contributed by atoms with E-state index in [2.05, 4.69) is 15.3 Å². The van der Waals surface area contributed by atoms with Gasteiger partial charge in [0.2, 0.25) is 0 Å². The second kappa shape index (κ2) is 7.80. The van der Waals surface area contributed by atoms with E-state index < -0.39 is 0 Å². The molecule has 0 aliphatic carbocycles. The summed E-state index contributed by atoms with van der Waals surface area (Å²) >= 11 is 6.21.